The van der Waals surface area contributed by atoms with Crippen molar-refractivity contribution in [3.63, 3.8) is 0 Å². The van der Waals surface area contributed by atoms with Gasteiger partial charge >= 0.3 is 11.9 Å². The van der Waals surface area contributed by atoms with E-state index >= 15 is 0 Å². The number of hydrogen-bond acceptors (Lipinski definition) is 4. The van der Waals surface area contributed by atoms with Crippen molar-refractivity contribution in [2.75, 3.05) is 5.75 Å². The maximum atomic E-state index is 12.2. The number of hydrogen-bond donors (Lipinski definition) is 0. The first-order valence-electron chi connectivity index (χ1n) is 5.45. The monoisotopic (exact) mass is 308 g/mol. The molecule has 0 saturated carbocycles. The fraction of sp³-hybridized carbons (Fsp3) is 0.500. The first-order valence-corrected chi connectivity index (χ1v) is 6.44. The Labute approximate surface area is 114 Å². The second-order valence-corrected chi connectivity index (χ2v) is 5.18. The summed E-state index contributed by atoms with van der Waals surface area (Å²) in [6, 6.07) is 0. The highest BCUT2D eigenvalue weighted by atomic mass is 32.2. The number of halogens is 3. The lowest BCUT2D eigenvalue weighted by Crippen LogP contribution is -2.37. The number of nitrogens with zero attached hydrogens (tertiary/aromatic N) is 4. The van der Waals surface area contributed by atoms with Crippen LogP contribution in [0.3, 0.4) is 0 Å². The van der Waals surface area contributed by atoms with Crippen molar-refractivity contribution in [3.05, 3.63) is 20.8 Å². The van der Waals surface area contributed by atoms with Crippen LogP contribution >= 0.6 is 11.8 Å². The number of fused-ring (bicyclic) bond motifs is 1. The molecule has 0 saturated heterocycles. The summed E-state index contributed by atoms with van der Waals surface area (Å²) in [4.78, 5) is 27.7. The maximum Gasteiger partial charge on any atom is 0.398 e. The molecule has 0 atom stereocenters. The second-order valence-electron chi connectivity index (χ2n) is 4.24. The summed E-state index contributed by atoms with van der Waals surface area (Å²) in [7, 11) is 4.16. The Hall–Kier alpha value is -1.71. The average molecular weight is 308 g/mol. The molecule has 0 aromatic carbocycles. The molecule has 0 radical (unpaired) electrons. The molecular formula is C10H11F3N4O2S. The SMILES string of the molecule is Cn1c(=O)c2c(nc(SCC(F)(F)F)n2C)n(C)c1=O. The van der Waals surface area contributed by atoms with E-state index in [0.29, 0.717) is 11.8 Å². The molecule has 2 heterocycles. The molecule has 2 aromatic heterocycles. The van der Waals surface area contributed by atoms with Gasteiger partial charge in [-0.25, -0.2) is 9.78 Å². The molecule has 0 fully saturated rings. The van der Waals surface area contributed by atoms with Gasteiger partial charge in [-0.3, -0.25) is 13.9 Å². The van der Waals surface area contributed by atoms with Crippen molar-refractivity contribution in [2.45, 2.75) is 11.3 Å². The predicted molar refractivity (Wildman–Crippen MR) is 68.0 cm³/mol. The Morgan fingerprint density at radius 1 is 1.10 bits per heavy atom. The largest absolute Gasteiger partial charge is 0.398 e. The van der Waals surface area contributed by atoms with Gasteiger partial charge in [0.25, 0.3) is 5.56 Å². The van der Waals surface area contributed by atoms with Gasteiger partial charge in [0.1, 0.15) is 0 Å². The van der Waals surface area contributed by atoms with Gasteiger partial charge in [0.15, 0.2) is 16.3 Å². The van der Waals surface area contributed by atoms with Crippen molar-refractivity contribution in [2.24, 2.45) is 21.1 Å². The number of thioether (sulfide) groups is 1. The van der Waals surface area contributed by atoms with Crippen LogP contribution in [0.1, 0.15) is 0 Å². The smallest absolute Gasteiger partial charge is 0.316 e. The molecule has 2 rings (SSSR count). The van der Waals surface area contributed by atoms with E-state index in [-0.39, 0.29) is 16.3 Å². The fourth-order valence-electron chi connectivity index (χ4n) is 1.77. The molecule has 0 amide bonds. The summed E-state index contributed by atoms with van der Waals surface area (Å²) in [6.07, 6.45) is -4.33. The van der Waals surface area contributed by atoms with Crippen LogP contribution in [0.25, 0.3) is 11.2 Å². The zero-order valence-electron chi connectivity index (χ0n) is 10.9. The third kappa shape index (κ3) is 2.35. The van der Waals surface area contributed by atoms with E-state index in [4.69, 9.17) is 0 Å². The van der Waals surface area contributed by atoms with Gasteiger partial charge in [0.05, 0.1) is 5.75 Å². The molecule has 0 spiro atoms. The Bertz CT molecular complexity index is 787. The number of aryl methyl sites for hydroxylation is 2. The summed E-state index contributed by atoms with van der Waals surface area (Å²) in [6.45, 7) is 0. The molecule has 0 aliphatic rings. The van der Waals surface area contributed by atoms with Gasteiger partial charge in [-0.1, -0.05) is 11.8 Å². The van der Waals surface area contributed by atoms with Crippen molar-refractivity contribution >= 4 is 22.9 Å². The molecule has 0 aliphatic heterocycles. The van der Waals surface area contributed by atoms with Crippen LogP contribution in [0.2, 0.25) is 0 Å². The minimum Gasteiger partial charge on any atom is -0.316 e. The highest BCUT2D eigenvalue weighted by Gasteiger charge is 2.29. The van der Waals surface area contributed by atoms with E-state index in [1.54, 1.807) is 0 Å². The number of imidazole rings is 1. The maximum absolute atomic E-state index is 12.2. The van der Waals surface area contributed by atoms with E-state index in [2.05, 4.69) is 4.98 Å². The van der Waals surface area contributed by atoms with E-state index in [1.165, 1.54) is 25.7 Å². The molecule has 0 unspecified atom stereocenters. The zero-order chi connectivity index (χ0) is 15.2. The number of aromatic nitrogens is 4. The normalized spacial score (nSPS) is 12.3. The molecule has 6 nitrogen and oxygen atoms in total. The number of alkyl halides is 3. The number of rotatable bonds is 2. The molecule has 110 valence electrons. The molecule has 2 aromatic rings. The van der Waals surface area contributed by atoms with Crippen LogP contribution in [0, 0.1) is 0 Å². The van der Waals surface area contributed by atoms with Crippen molar-refractivity contribution in [1.82, 2.24) is 18.7 Å². The molecular weight excluding hydrogens is 297 g/mol. The zero-order valence-corrected chi connectivity index (χ0v) is 11.7. The third-order valence-electron chi connectivity index (χ3n) is 2.80. The standard InChI is InChI=1S/C10H11F3N4O2S/c1-15-5-6(14-8(15)20-4-10(11,12)13)16(2)9(19)17(3)7(5)18/h4H2,1-3H3. The summed E-state index contributed by atoms with van der Waals surface area (Å²) in [5.74, 6) is -1.11. The topological polar surface area (TPSA) is 61.8 Å². The Morgan fingerprint density at radius 2 is 1.70 bits per heavy atom. The Kier molecular flexibility index (Phi) is 3.44. The first-order chi connectivity index (χ1) is 9.13. The van der Waals surface area contributed by atoms with Crippen LogP contribution in [0.4, 0.5) is 13.2 Å². The van der Waals surface area contributed by atoms with Crippen LogP contribution in [-0.4, -0.2) is 30.6 Å². The lowest BCUT2D eigenvalue weighted by molar-refractivity contribution is -0.105. The molecule has 0 aliphatic carbocycles. The molecule has 10 heteroatoms. The van der Waals surface area contributed by atoms with Crippen molar-refractivity contribution in [1.29, 1.82) is 0 Å². The Balaban J connectivity index is 2.65. The van der Waals surface area contributed by atoms with Crippen LogP contribution in [0.5, 0.6) is 0 Å². The lowest BCUT2D eigenvalue weighted by Gasteiger charge is -2.05. The molecule has 0 N–H and O–H groups in total. The van der Waals surface area contributed by atoms with E-state index in [0.717, 1.165) is 9.13 Å². The highest BCUT2D eigenvalue weighted by Crippen LogP contribution is 2.27. The lowest BCUT2D eigenvalue weighted by atomic mass is 10.5. The predicted octanol–water partition coefficient (Wildman–Crippen LogP) is 0.625. The second kappa shape index (κ2) is 4.69. The minimum absolute atomic E-state index is 0.0376. The van der Waals surface area contributed by atoms with Gasteiger partial charge in [-0.2, -0.15) is 13.2 Å². The van der Waals surface area contributed by atoms with Gasteiger partial charge in [0, 0.05) is 21.1 Å². The van der Waals surface area contributed by atoms with E-state index in [1.807, 2.05) is 0 Å². The highest BCUT2D eigenvalue weighted by molar-refractivity contribution is 7.99. The van der Waals surface area contributed by atoms with Gasteiger partial charge in [-0.05, 0) is 0 Å². The van der Waals surface area contributed by atoms with Crippen LogP contribution in [0.15, 0.2) is 14.7 Å². The van der Waals surface area contributed by atoms with E-state index < -0.39 is 23.2 Å². The quantitative estimate of drug-likeness (QED) is 0.763. The van der Waals surface area contributed by atoms with Gasteiger partial charge in [0.2, 0.25) is 0 Å². The van der Waals surface area contributed by atoms with Crippen LogP contribution < -0.4 is 11.2 Å². The average Bonchev–Trinajstić information content (AvgIpc) is 2.68. The fourth-order valence-corrected chi connectivity index (χ4v) is 2.50. The first kappa shape index (κ1) is 14.7. The summed E-state index contributed by atoms with van der Waals surface area (Å²) in [5.41, 5.74) is -0.991. The molecule has 0 bridgehead atoms. The van der Waals surface area contributed by atoms with Crippen molar-refractivity contribution < 1.29 is 13.2 Å². The van der Waals surface area contributed by atoms with Crippen LogP contribution in [-0.2, 0) is 21.1 Å². The van der Waals surface area contributed by atoms with Crippen molar-refractivity contribution in [3.8, 4) is 0 Å². The third-order valence-corrected chi connectivity index (χ3v) is 3.89. The summed E-state index contributed by atoms with van der Waals surface area (Å²) < 4.78 is 40.0. The van der Waals surface area contributed by atoms with Gasteiger partial charge < -0.3 is 4.57 Å². The molecule has 20 heavy (non-hydrogen) atoms. The summed E-state index contributed by atoms with van der Waals surface area (Å²) in [5, 5.41) is 0.0376. The minimum atomic E-state index is -4.33. The van der Waals surface area contributed by atoms with E-state index in [9.17, 15) is 22.8 Å². The summed E-state index contributed by atoms with van der Waals surface area (Å²) >= 11 is 0.472. The Morgan fingerprint density at radius 3 is 2.25 bits per heavy atom. The van der Waals surface area contributed by atoms with Gasteiger partial charge in [-0.15, -0.1) is 0 Å².